The molecule has 1 fully saturated rings. The van der Waals surface area contributed by atoms with Gasteiger partial charge in [0.05, 0.1) is 6.07 Å². The Labute approximate surface area is 117 Å². The SMILES string of the molecule is Cc1cc(C)cc(N2CC(CC#N)CCC2(C)C)c1. The molecule has 0 spiro atoms. The van der Waals surface area contributed by atoms with Crippen LogP contribution in [0.15, 0.2) is 18.2 Å². The fourth-order valence-electron chi connectivity index (χ4n) is 3.15. The summed E-state index contributed by atoms with van der Waals surface area (Å²) in [7, 11) is 0. The predicted molar refractivity (Wildman–Crippen MR) is 80.3 cm³/mol. The maximum Gasteiger partial charge on any atom is 0.0625 e. The molecule has 0 aromatic heterocycles. The summed E-state index contributed by atoms with van der Waals surface area (Å²) in [5.74, 6) is 0.513. The summed E-state index contributed by atoms with van der Waals surface area (Å²) in [5, 5.41) is 8.93. The minimum atomic E-state index is 0.187. The van der Waals surface area contributed by atoms with Gasteiger partial charge in [0.15, 0.2) is 0 Å². The highest BCUT2D eigenvalue weighted by atomic mass is 15.2. The Morgan fingerprint density at radius 2 is 1.89 bits per heavy atom. The molecule has 0 radical (unpaired) electrons. The lowest BCUT2D eigenvalue weighted by Gasteiger charge is -2.47. The fraction of sp³-hybridized carbons (Fsp3) is 0.588. The Kier molecular flexibility index (Phi) is 3.85. The molecule has 0 aliphatic carbocycles. The van der Waals surface area contributed by atoms with Crippen molar-refractivity contribution >= 4 is 5.69 Å². The molecule has 0 bridgehead atoms. The van der Waals surface area contributed by atoms with Crippen molar-refractivity contribution in [2.75, 3.05) is 11.4 Å². The highest BCUT2D eigenvalue weighted by Crippen LogP contribution is 2.36. The van der Waals surface area contributed by atoms with Gasteiger partial charge < -0.3 is 4.90 Å². The van der Waals surface area contributed by atoms with Gasteiger partial charge in [-0.2, -0.15) is 5.26 Å². The van der Waals surface area contributed by atoms with E-state index in [1.54, 1.807) is 0 Å². The monoisotopic (exact) mass is 256 g/mol. The van der Waals surface area contributed by atoms with E-state index >= 15 is 0 Å². The van der Waals surface area contributed by atoms with Crippen molar-refractivity contribution in [1.82, 2.24) is 0 Å². The van der Waals surface area contributed by atoms with E-state index in [0.717, 1.165) is 13.0 Å². The molecule has 1 aromatic carbocycles. The largest absolute Gasteiger partial charge is 0.366 e. The van der Waals surface area contributed by atoms with Crippen LogP contribution in [0, 0.1) is 31.1 Å². The molecule has 2 nitrogen and oxygen atoms in total. The number of aryl methyl sites for hydroxylation is 2. The van der Waals surface area contributed by atoms with E-state index < -0.39 is 0 Å². The van der Waals surface area contributed by atoms with E-state index in [1.165, 1.54) is 23.2 Å². The standard InChI is InChI=1S/C17H24N2/c1-13-9-14(2)11-16(10-13)19-12-15(6-8-18)5-7-17(19,3)4/h9-11,15H,5-7,12H2,1-4H3. The first-order valence-electron chi connectivity index (χ1n) is 7.15. The van der Waals surface area contributed by atoms with Gasteiger partial charge in [-0.3, -0.25) is 0 Å². The second-order valence-electron chi connectivity index (χ2n) is 6.54. The van der Waals surface area contributed by atoms with Crippen LogP contribution in [-0.2, 0) is 0 Å². The minimum absolute atomic E-state index is 0.187. The average molecular weight is 256 g/mol. The Hall–Kier alpha value is -1.49. The van der Waals surface area contributed by atoms with E-state index in [1.807, 2.05) is 0 Å². The second-order valence-corrected chi connectivity index (χ2v) is 6.54. The summed E-state index contributed by atoms with van der Waals surface area (Å²) in [6.07, 6.45) is 3.01. The van der Waals surface area contributed by atoms with Crippen LogP contribution in [-0.4, -0.2) is 12.1 Å². The lowest BCUT2D eigenvalue weighted by atomic mass is 9.83. The highest BCUT2D eigenvalue weighted by molar-refractivity contribution is 5.53. The number of benzene rings is 1. The second kappa shape index (κ2) is 5.25. The van der Waals surface area contributed by atoms with Crippen LogP contribution in [0.5, 0.6) is 0 Å². The average Bonchev–Trinajstić information content (AvgIpc) is 2.30. The van der Waals surface area contributed by atoms with Crippen molar-refractivity contribution in [3.05, 3.63) is 29.3 Å². The third kappa shape index (κ3) is 3.10. The summed E-state index contributed by atoms with van der Waals surface area (Å²) in [5.41, 5.74) is 4.12. The molecule has 0 N–H and O–H groups in total. The quantitative estimate of drug-likeness (QED) is 0.792. The summed E-state index contributed by atoms with van der Waals surface area (Å²) in [6.45, 7) is 9.93. The molecular formula is C17H24N2. The first-order chi connectivity index (χ1) is 8.92. The molecule has 1 aromatic rings. The van der Waals surface area contributed by atoms with Crippen LogP contribution in [0.2, 0.25) is 0 Å². The third-order valence-electron chi connectivity index (χ3n) is 4.23. The molecule has 1 atom stereocenters. The number of nitrogens with zero attached hydrogens (tertiary/aromatic N) is 2. The molecule has 1 saturated heterocycles. The van der Waals surface area contributed by atoms with Gasteiger partial charge in [-0.1, -0.05) is 6.07 Å². The number of anilines is 1. The smallest absolute Gasteiger partial charge is 0.0625 e. The van der Waals surface area contributed by atoms with Crippen molar-refractivity contribution in [1.29, 1.82) is 5.26 Å². The maximum absolute atomic E-state index is 8.93. The number of piperidine rings is 1. The zero-order valence-corrected chi connectivity index (χ0v) is 12.5. The fourth-order valence-corrected chi connectivity index (χ4v) is 3.15. The predicted octanol–water partition coefficient (Wildman–Crippen LogP) is 4.21. The van der Waals surface area contributed by atoms with Gasteiger partial charge in [-0.05, 0) is 69.7 Å². The van der Waals surface area contributed by atoms with Crippen LogP contribution in [0.25, 0.3) is 0 Å². The van der Waals surface area contributed by atoms with Gasteiger partial charge in [-0.15, -0.1) is 0 Å². The summed E-state index contributed by atoms with van der Waals surface area (Å²) < 4.78 is 0. The van der Waals surface area contributed by atoms with Crippen molar-refractivity contribution in [2.24, 2.45) is 5.92 Å². The summed E-state index contributed by atoms with van der Waals surface area (Å²) >= 11 is 0. The van der Waals surface area contributed by atoms with Gasteiger partial charge in [0.25, 0.3) is 0 Å². The van der Waals surface area contributed by atoms with Crippen molar-refractivity contribution < 1.29 is 0 Å². The van der Waals surface area contributed by atoms with E-state index in [0.29, 0.717) is 12.3 Å². The molecule has 1 unspecified atom stereocenters. The minimum Gasteiger partial charge on any atom is -0.366 e. The van der Waals surface area contributed by atoms with E-state index in [4.69, 9.17) is 5.26 Å². The molecule has 1 heterocycles. The van der Waals surface area contributed by atoms with Crippen LogP contribution in [0.4, 0.5) is 5.69 Å². The zero-order chi connectivity index (χ0) is 14.0. The van der Waals surface area contributed by atoms with E-state index in [-0.39, 0.29) is 5.54 Å². The van der Waals surface area contributed by atoms with Crippen LogP contribution < -0.4 is 4.90 Å². The summed E-state index contributed by atoms with van der Waals surface area (Å²) in [4.78, 5) is 2.50. The summed E-state index contributed by atoms with van der Waals surface area (Å²) in [6, 6.07) is 9.08. The Morgan fingerprint density at radius 1 is 1.26 bits per heavy atom. The maximum atomic E-state index is 8.93. The molecule has 2 rings (SSSR count). The van der Waals surface area contributed by atoms with E-state index in [2.05, 4.69) is 56.9 Å². The first-order valence-corrected chi connectivity index (χ1v) is 7.15. The molecular weight excluding hydrogens is 232 g/mol. The number of rotatable bonds is 2. The molecule has 0 amide bonds. The molecule has 0 saturated carbocycles. The zero-order valence-electron chi connectivity index (χ0n) is 12.5. The van der Waals surface area contributed by atoms with E-state index in [9.17, 15) is 0 Å². The Balaban J connectivity index is 2.30. The Bertz CT molecular complexity index is 476. The highest BCUT2D eigenvalue weighted by Gasteiger charge is 2.34. The molecule has 102 valence electrons. The van der Waals surface area contributed by atoms with Crippen molar-refractivity contribution in [3.63, 3.8) is 0 Å². The molecule has 19 heavy (non-hydrogen) atoms. The number of hydrogen-bond donors (Lipinski definition) is 0. The van der Waals surface area contributed by atoms with Crippen molar-refractivity contribution in [3.8, 4) is 6.07 Å². The number of nitriles is 1. The van der Waals surface area contributed by atoms with Crippen LogP contribution in [0.1, 0.15) is 44.2 Å². The topological polar surface area (TPSA) is 27.0 Å². The van der Waals surface area contributed by atoms with Gasteiger partial charge in [0.1, 0.15) is 0 Å². The first kappa shape index (κ1) is 13.9. The van der Waals surface area contributed by atoms with Gasteiger partial charge in [-0.25, -0.2) is 0 Å². The lowest BCUT2D eigenvalue weighted by Crippen LogP contribution is -2.50. The normalized spacial score (nSPS) is 22.1. The molecule has 2 heteroatoms. The Morgan fingerprint density at radius 3 is 2.47 bits per heavy atom. The van der Waals surface area contributed by atoms with Gasteiger partial charge in [0.2, 0.25) is 0 Å². The third-order valence-corrected chi connectivity index (χ3v) is 4.23. The van der Waals surface area contributed by atoms with Gasteiger partial charge >= 0.3 is 0 Å². The van der Waals surface area contributed by atoms with Crippen LogP contribution in [0.3, 0.4) is 0 Å². The van der Waals surface area contributed by atoms with Gasteiger partial charge in [0, 0.05) is 24.2 Å². The lowest BCUT2D eigenvalue weighted by molar-refractivity contribution is 0.293. The number of hydrogen-bond acceptors (Lipinski definition) is 2. The van der Waals surface area contributed by atoms with Crippen molar-refractivity contribution in [2.45, 2.75) is 52.5 Å². The molecule has 1 aliphatic heterocycles. The van der Waals surface area contributed by atoms with Crippen LogP contribution >= 0.6 is 0 Å². The molecule has 1 aliphatic rings.